The molecule has 0 spiro atoms. The molecule has 0 aliphatic heterocycles. The summed E-state index contributed by atoms with van der Waals surface area (Å²) in [6.07, 6.45) is 0.721. The number of benzene rings is 1. The number of hydrogen-bond acceptors (Lipinski definition) is 3. The van der Waals surface area contributed by atoms with Crippen LogP contribution in [0, 0.1) is 19.7 Å². The quantitative estimate of drug-likeness (QED) is 0.900. The molecule has 0 saturated carbocycles. The lowest BCUT2D eigenvalue weighted by atomic mass is 10.00. The van der Waals surface area contributed by atoms with Crippen molar-refractivity contribution < 1.29 is 4.39 Å². The average Bonchev–Trinajstić information content (AvgIpc) is 2.77. The predicted octanol–water partition coefficient (Wildman–Crippen LogP) is 3.79. The Balaban J connectivity index is 2.26. The first-order valence-electron chi connectivity index (χ1n) is 6.50. The molecule has 0 aliphatic carbocycles. The Morgan fingerprint density at radius 3 is 2.79 bits per heavy atom. The van der Waals surface area contributed by atoms with E-state index in [0.29, 0.717) is 0 Å². The fourth-order valence-corrected chi connectivity index (χ4v) is 2.81. The van der Waals surface area contributed by atoms with Gasteiger partial charge in [0.25, 0.3) is 0 Å². The summed E-state index contributed by atoms with van der Waals surface area (Å²) in [5, 5.41) is 6.45. The van der Waals surface area contributed by atoms with Crippen molar-refractivity contribution in [2.75, 3.05) is 6.54 Å². The topological polar surface area (TPSA) is 24.9 Å². The van der Waals surface area contributed by atoms with Crippen LogP contribution in [0.5, 0.6) is 0 Å². The number of aryl methyl sites for hydroxylation is 2. The Morgan fingerprint density at radius 2 is 2.16 bits per heavy atom. The van der Waals surface area contributed by atoms with Crippen molar-refractivity contribution in [2.24, 2.45) is 0 Å². The number of nitrogens with zero attached hydrogens (tertiary/aromatic N) is 1. The highest BCUT2D eigenvalue weighted by Gasteiger charge is 2.16. The molecular weight excluding hydrogens is 259 g/mol. The van der Waals surface area contributed by atoms with Crippen molar-refractivity contribution in [1.82, 2.24) is 10.3 Å². The number of aromatic nitrogens is 1. The van der Waals surface area contributed by atoms with Gasteiger partial charge in [0, 0.05) is 23.4 Å². The minimum atomic E-state index is -0.150. The van der Waals surface area contributed by atoms with Crippen LogP contribution in [-0.4, -0.2) is 11.5 Å². The molecule has 102 valence electrons. The maximum atomic E-state index is 14.0. The highest BCUT2D eigenvalue weighted by atomic mass is 32.1. The number of thiazole rings is 1. The van der Waals surface area contributed by atoms with Crippen LogP contribution < -0.4 is 5.32 Å². The van der Waals surface area contributed by atoms with Crippen molar-refractivity contribution in [1.29, 1.82) is 0 Å². The van der Waals surface area contributed by atoms with E-state index in [1.54, 1.807) is 23.5 Å². The largest absolute Gasteiger partial charge is 0.310 e. The van der Waals surface area contributed by atoms with Gasteiger partial charge in [-0.1, -0.05) is 24.6 Å². The highest BCUT2D eigenvalue weighted by Crippen LogP contribution is 2.23. The van der Waals surface area contributed by atoms with Crippen molar-refractivity contribution >= 4 is 11.3 Å². The third-order valence-electron chi connectivity index (χ3n) is 3.06. The van der Waals surface area contributed by atoms with E-state index < -0.39 is 0 Å². The Bertz CT molecular complexity index is 551. The second kappa shape index (κ2) is 6.26. The maximum absolute atomic E-state index is 14.0. The first-order valence-corrected chi connectivity index (χ1v) is 7.38. The van der Waals surface area contributed by atoms with Crippen LogP contribution in [0.25, 0.3) is 0 Å². The maximum Gasteiger partial charge on any atom is 0.128 e. The highest BCUT2D eigenvalue weighted by molar-refractivity contribution is 7.09. The summed E-state index contributed by atoms with van der Waals surface area (Å²) in [6, 6.07) is 5.24. The van der Waals surface area contributed by atoms with E-state index in [0.717, 1.165) is 34.8 Å². The molecule has 0 saturated heterocycles. The molecule has 1 unspecified atom stereocenters. The molecule has 1 atom stereocenters. The fourth-order valence-electron chi connectivity index (χ4n) is 2.18. The van der Waals surface area contributed by atoms with Crippen LogP contribution in [0.2, 0.25) is 0 Å². The van der Waals surface area contributed by atoms with Gasteiger partial charge in [-0.2, -0.15) is 0 Å². The lowest BCUT2D eigenvalue weighted by Gasteiger charge is -2.18. The fraction of sp³-hybridized carbons (Fsp3) is 0.400. The molecule has 1 N–H and O–H groups in total. The molecule has 0 radical (unpaired) electrons. The molecule has 0 aliphatic rings. The van der Waals surface area contributed by atoms with Crippen LogP contribution in [0.1, 0.15) is 34.8 Å². The molecule has 1 heterocycles. The van der Waals surface area contributed by atoms with E-state index in [4.69, 9.17) is 0 Å². The van der Waals surface area contributed by atoms with Crippen LogP contribution in [0.4, 0.5) is 4.39 Å². The summed E-state index contributed by atoms with van der Waals surface area (Å²) in [6.45, 7) is 6.82. The van der Waals surface area contributed by atoms with Crippen molar-refractivity contribution in [3.8, 4) is 0 Å². The Kier molecular flexibility index (Phi) is 4.66. The molecule has 1 aromatic carbocycles. The van der Waals surface area contributed by atoms with Crippen LogP contribution in [-0.2, 0) is 6.42 Å². The Hall–Kier alpha value is -1.26. The van der Waals surface area contributed by atoms with Gasteiger partial charge in [0.1, 0.15) is 5.82 Å². The minimum absolute atomic E-state index is 0.0219. The molecule has 0 amide bonds. The molecule has 4 heteroatoms. The monoisotopic (exact) mass is 278 g/mol. The van der Waals surface area contributed by atoms with Crippen LogP contribution >= 0.6 is 11.3 Å². The van der Waals surface area contributed by atoms with Gasteiger partial charge >= 0.3 is 0 Å². The summed E-state index contributed by atoms with van der Waals surface area (Å²) in [4.78, 5) is 4.47. The number of rotatable bonds is 5. The zero-order valence-electron chi connectivity index (χ0n) is 11.5. The number of nitrogens with one attached hydrogen (secondary N) is 1. The van der Waals surface area contributed by atoms with E-state index in [1.165, 1.54) is 0 Å². The first kappa shape index (κ1) is 14.2. The van der Waals surface area contributed by atoms with Gasteiger partial charge in [0.15, 0.2) is 0 Å². The van der Waals surface area contributed by atoms with E-state index in [2.05, 4.69) is 10.3 Å². The third-order valence-corrected chi connectivity index (χ3v) is 3.88. The zero-order valence-corrected chi connectivity index (χ0v) is 12.4. The van der Waals surface area contributed by atoms with Crippen molar-refractivity contribution in [2.45, 2.75) is 33.2 Å². The van der Waals surface area contributed by atoms with Gasteiger partial charge in [-0.3, -0.25) is 0 Å². The zero-order chi connectivity index (χ0) is 13.8. The summed E-state index contributed by atoms with van der Waals surface area (Å²) in [7, 11) is 0. The summed E-state index contributed by atoms with van der Waals surface area (Å²) < 4.78 is 14.0. The first-order chi connectivity index (χ1) is 9.10. The van der Waals surface area contributed by atoms with Gasteiger partial charge in [-0.15, -0.1) is 11.3 Å². The van der Waals surface area contributed by atoms with E-state index in [1.807, 2.05) is 32.2 Å². The molecule has 0 bridgehead atoms. The lowest BCUT2D eigenvalue weighted by molar-refractivity contribution is 0.506. The van der Waals surface area contributed by atoms with Gasteiger partial charge in [0.05, 0.1) is 10.7 Å². The molecule has 19 heavy (non-hydrogen) atoms. The van der Waals surface area contributed by atoms with Gasteiger partial charge in [-0.05, 0) is 26.5 Å². The Morgan fingerprint density at radius 1 is 1.37 bits per heavy atom. The number of hydrogen-bond donors (Lipinski definition) is 1. The molecule has 0 fully saturated rings. The van der Waals surface area contributed by atoms with Gasteiger partial charge in [0.2, 0.25) is 0 Å². The summed E-state index contributed by atoms with van der Waals surface area (Å²) in [5.41, 5.74) is 2.83. The SMILES string of the molecule is CCNC(Cc1csc(C)n1)c1cc(C)ccc1F. The normalized spacial score (nSPS) is 12.6. The Labute approximate surface area is 117 Å². The third kappa shape index (κ3) is 3.61. The second-order valence-electron chi connectivity index (χ2n) is 4.70. The van der Waals surface area contributed by atoms with Crippen LogP contribution in [0.3, 0.4) is 0 Å². The smallest absolute Gasteiger partial charge is 0.128 e. The number of likely N-dealkylation sites (N-methyl/N-ethyl adjacent to an activating group) is 1. The molecule has 2 aromatic rings. The average molecular weight is 278 g/mol. The van der Waals surface area contributed by atoms with E-state index >= 15 is 0 Å². The minimum Gasteiger partial charge on any atom is -0.310 e. The second-order valence-corrected chi connectivity index (χ2v) is 5.76. The van der Waals surface area contributed by atoms with E-state index in [-0.39, 0.29) is 11.9 Å². The van der Waals surface area contributed by atoms with Crippen molar-refractivity contribution in [3.63, 3.8) is 0 Å². The lowest BCUT2D eigenvalue weighted by Crippen LogP contribution is -2.24. The molecule has 2 rings (SSSR count). The predicted molar refractivity (Wildman–Crippen MR) is 78.1 cm³/mol. The van der Waals surface area contributed by atoms with Gasteiger partial charge < -0.3 is 5.32 Å². The molecule has 2 nitrogen and oxygen atoms in total. The molecular formula is C15H19FN2S. The van der Waals surface area contributed by atoms with Gasteiger partial charge in [-0.25, -0.2) is 9.37 Å². The molecule has 1 aromatic heterocycles. The summed E-state index contributed by atoms with van der Waals surface area (Å²) >= 11 is 1.63. The van der Waals surface area contributed by atoms with E-state index in [9.17, 15) is 4.39 Å². The summed E-state index contributed by atoms with van der Waals surface area (Å²) in [5.74, 6) is -0.150. The van der Waals surface area contributed by atoms with Crippen LogP contribution in [0.15, 0.2) is 23.6 Å². The number of halogens is 1. The van der Waals surface area contributed by atoms with Crippen molar-refractivity contribution in [3.05, 3.63) is 51.2 Å². The standard InChI is InChI=1S/C15H19FN2S/c1-4-17-15(8-12-9-19-11(3)18-12)13-7-10(2)5-6-14(13)16/h5-7,9,15,17H,4,8H2,1-3H3.